The minimum Gasteiger partial charge on any atom is -0.493 e. The van der Waals surface area contributed by atoms with Crippen LogP contribution in [0.1, 0.15) is 36.3 Å². The lowest BCUT2D eigenvalue weighted by Crippen LogP contribution is -2.48. The molecule has 4 aliphatic heterocycles. The summed E-state index contributed by atoms with van der Waals surface area (Å²) in [6.45, 7) is 6.41. The van der Waals surface area contributed by atoms with Gasteiger partial charge in [0.1, 0.15) is 6.10 Å². The van der Waals surface area contributed by atoms with Gasteiger partial charge in [-0.3, -0.25) is 9.80 Å². The van der Waals surface area contributed by atoms with Gasteiger partial charge in [0, 0.05) is 74.6 Å². The maximum Gasteiger partial charge on any atom is 0.165 e. The van der Waals surface area contributed by atoms with E-state index in [9.17, 15) is 5.11 Å². The van der Waals surface area contributed by atoms with E-state index in [2.05, 4.69) is 51.1 Å². The molecule has 4 aliphatic rings. The van der Waals surface area contributed by atoms with Gasteiger partial charge in [0.15, 0.2) is 11.5 Å². The average Bonchev–Trinajstić information content (AvgIpc) is 3.55. The standard InChI is InChI=1S/C28H36N4O3/c1-34-25-8-7-19-16-30(10-9-24-26(14-23(33)15-29)35-28(25)27(19)24)11-12-31-17-22-13-21(31)18-32(22)20-5-3-2-4-6-20/h2-8,15,21-24,26,29,33H,9-14,16-18H2,1H3/t21?,22?,23-,24?,26?/m1/s1. The lowest BCUT2D eigenvalue weighted by molar-refractivity contribution is 0.122. The van der Waals surface area contributed by atoms with Crippen molar-refractivity contribution in [3.05, 3.63) is 53.6 Å². The van der Waals surface area contributed by atoms with Crippen LogP contribution in [-0.2, 0) is 6.54 Å². The molecule has 5 atom stereocenters. The number of nitrogens with one attached hydrogen (secondary N) is 1. The first-order valence-electron chi connectivity index (χ1n) is 13.0. The van der Waals surface area contributed by atoms with Gasteiger partial charge in [0.2, 0.25) is 0 Å². The van der Waals surface area contributed by atoms with Gasteiger partial charge in [-0.25, -0.2) is 0 Å². The van der Waals surface area contributed by atoms with Crippen molar-refractivity contribution in [1.29, 1.82) is 5.41 Å². The SMILES string of the molecule is COc1ccc2c3c1OC(C[C@@H](O)C=N)C3CCN(CCN1CC3CC1CN3c1ccccc1)C2. The summed E-state index contributed by atoms with van der Waals surface area (Å²) >= 11 is 0. The highest BCUT2D eigenvalue weighted by Crippen LogP contribution is 2.50. The molecule has 0 aliphatic carbocycles. The van der Waals surface area contributed by atoms with E-state index in [1.54, 1.807) is 7.11 Å². The molecule has 0 radical (unpaired) electrons. The van der Waals surface area contributed by atoms with Crippen LogP contribution < -0.4 is 14.4 Å². The number of aliphatic hydroxyl groups is 1. The van der Waals surface area contributed by atoms with E-state index in [1.165, 1.54) is 23.2 Å². The molecule has 2 N–H and O–H groups in total. The Bertz CT molecular complexity index is 1060. The molecular weight excluding hydrogens is 440 g/mol. The predicted octanol–water partition coefficient (Wildman–Crippen LogP) is 3.11. The van der Waals surface area contributed by atoms with E-state index in [1.807, 2.05) is 6.07 Å². The third-order valence-corrected chi connectivity index (χ3v) is 8.52. The van der Waals surface area contributed by atoms with Crippen LogP contribution >= 0.6 is 0 Å². The number of ether oxygens (including phenoxy) is 2. The van der Waals surface area contributed by atoms with E-state index in [-0.39, 0.29) is 12.0 Å². The van der Waals surface area contributed by atoms with Crippen LogP contribution in [0.25, 0.3) is 0 Å². The first kappa shape index (κ1) is 22.8. The van der Waals surface area contributed by atoms with E-state index < -0.39 is 6.10 Å². The fourth-order valence-corrected chi connectivity index (χ4v) is 6.78. The molecular formula is C28H36N4O3. The summed E-state index contributed by atoms with van der Waals surface area (Å²) in [5, 5.41) is 17.6. The van der Waals surface area contributed by atoms with Crippen molar-refractivity contribution < 1.29 is 14.6 Å². The zero-order chi connectivity index (χ0) is 23.9. The van der Waals surface area contributed by atoms with Crippen LogP contribution in [0.3, 0.4) is 0 Å². The second-order valence-corrected chi connectivity index (χ2v) is 10.5. The third-order valence-electron chi connectivity index (χ3n) is 8.52. The quantitative estimate of drug-likeness (QED) is 0.571. The normalized spacial score (nSPS) is 28.5. The number of rotatable bonds is 8. The highest BCUT2D eigenvalue weighted by molar-refractivity contribution is 5.60. The molecule has 0 saturated carbocycles. The van der Waals surface area contributed by atoms with Crippen molar-refractivity contribution in [2.45, 2.75) is 56.0 Å². The first-order chi connectivity index (χ1) is 17.1. The molecule has 6 rings (SSSR count). The Morgan fingerprint density at radius 1 is 1.14 bits per heavy atom. The minimum atomic E-state index is -0.774. The summed E-state index contributed by atoms with van der Waals surface area (Å²) in [6.07, 6.45) is 2.93. The van der Waals surface area contributed by atoms with E-state index in [0.717, 1.165) is 63.4 Å². The zero-order valence-corrected chi connectivity index (χ0v) is 20.5. The molecule has 2 fully saturated rings. The number of aliphatic hydroxyl groups excluding tert-OH is 1. The van der Waals surface area contributed by atoms with Crippen LogP contribution in [0.5, 0.6) is 11.5 Å². The molecule has 186 valence electrons. The van der Waals surface area contributed by atoms with Crippen LogP contribution in [0.15, 0.2) is 42.5 Å². The average molecular weight is 477 g/mol. The Kier molecular flexibility index (Phi) is 6.16. The minimum absolute atomic E-state index is 0.116. The van der Waals surface area contributed by atoms with Crippen molar-refractivity contribution in [3.63, 3.8) is 0 Å². The van der Waals surface area contributed by atoms with Crippen molar-refractivity contribution >= 4 is 11.9 Å². The summed E-state index contributed by atoms with van der Waals surface area (Å²) in [7, 11) is 1.68. The molecule has 2 bridgehead atoms. The van der Waals surface area contributed by atoms with E-state index in [4.69, 9.17) is 14.9 Å². The highest BCUT2D eigenvalue weighted by Gasteiger charge is 2.44. The summed E-state index contributed by atoms with van der Waals surface area (Å²) in [5.74, 6) is 1.85. The number of methoxy groups -OCH3 is 1. The first-order valence-corrected chi connectivity index (χ1v) is 13.0. The van der Waals surface area contributed by atoms with E-state index >= 15 is 0 Å². The maximum atomic E-state index is 10.1. The van der Waals surface area contributed by atoms with Crippen LogP contribution in [0.4, 0.5) is 5.69 Å². The van der Waals surface area contributed by atoms with Gasteiger partial charge in [-0.05, 0) is 43.1 Å². The van der Waals surface area contributed by atoms with Crippen LogP contribution in [0, 0.1) is 5.41 Å². The molecule has 2 aromatic rings. The van der Waals surface area contributed by atoms with Gasteiger partial charge in [-0.15, -0.1) is 0 Å². The van der Waals surface area contributed by atoms with Crippen molar-refractivity contribution in [1.82, 2.24) is 9.80 Å². The molecule has 4 heterocycles. The number of nitrogens with zero attached hydrogens (tertiary/aromatic N) is 3. The van der Waals surface area contributed by atoms with Crippen LogP contribution in [0.2, 0.25) is 0 Å². The number of benzene rings is 2. The van der Waals surface area contributed by atoms with Gasteiger partial charge in [0.05, 0.1) is 13.2 Å². The van der Waals surface area contributed by atoms with Crippen molar-refractivity contribution in [3.8, 4) is 11.5 Å². The number of piperazine rings is 1. The molecule has 0 spiro atoms. The third kappa shape index (κ3) is 4.20. The van der Waals surface area contributed by atoms with Gasteiger partial charge in [-0.2, -0.15) is 0 Å². The Hall–Kier alpha value is -2.61. The van der Waals surface area contributed by atoms with Gasteiger partial charge < -0.3 is 24.9 Å². The van der Waals surface area contributed by atoms with Crippen LogP contribution in [-0.4, -0.2) is 85.2 Å². The summed E-state index contributed by atoms with van der Waals surface area (Å²) in [4.78, 5) is 7.88. The number of para-hydroxylation sites is 1. The summed E-state index contributed by atoms with van der Waals surface area (Å²) < 4.78 is 11.9. The smallest absolute Gasteiger partial charge is 0.165 e. The lowest BCUT2D eigenvalue weighted by atomic mass is 9.87. The number of anilines is 1. The Balaban J connectivity index is 1.12. The maximum absolute atomic E-state index is 10.1. The van der Waals surface area contributed by atoms with Gasteiger partial charge in [-0.1, -0.05) is 24.3 Å². The predicted molar refractivity (Wildman–Crippen MR) is 137 cm³/mol. The number of likely N-dealkylation sites (tertiary alicyclic amines) is 1. The molecule has 7 heteroatoms. The Labute approximate surface area is 207 Å². The second kappa shape index (κ2) is 9.45. The van der Waals surface area contributed by atoms with E-state index in [0.29, 0.717) is 18.5 Å². The molecule has 7 nitrogen and oxygen atoms in total. The fraction of sp³-hybridized carbons (Fsp3) is 0.536. The van der Waals surface area contributed by atoms with Crippen molar-refractivity contribution in [2.24, 2.45) is 0 Å². The zero-order valence-electron chi connectivity index (χ0n) is 20.5. The molecule has 2 aromatic carbocycles. The number of hydrogen-bond acceptors (Lipinski definition) is 7. The largest absolute Gasteiger partial charge is 0.493 e. The Morgan fingerprint density at radius 3 is 2.74 bits per heavy atom. The highest BCUT2D eigenvalue weighted by atomic mass is 16.5. The monoisotopic (exact) mass is 476 g/mol. The topological polar surface area (TPSA) is 72.3 Å². The van der Waals surface area contributed by atoms with Gasteiger partial charge >= 0.3 is 0 Å². The molecule has 0 amide bonds. The summed E-state index contributed by atoms with van der Waals surface area (Å²) in [6, 6.07) is 16.3. The van der Waals surface area contributed by atoms with Gasteiger partial charge in [0.25, 0.3) is 0 Å². The molecule has 4 unspecified atom stereocenters. The number of hydrogen-bond donors (Lipinski definition) is 2. The second-order valence-electron chi connectivity index (χ2n) is 10.5. The fourth-order valence-electron chi connectivity index (χ4n) is 6.78. The van der Waals surface area contributed by atoms with Crippen molar-refractivity contribution in [2.75, 3.05) is 44.7 Å². The Morgan fingerprint density at radius 2 is 2.00 bits per heavy atom. The molecule has 0 aromatic heterocycles. The molecule has 2 saturated heterocycles. The number of fused-ring (bicyclic) bond motifs is 2. The molecule has 35 heavy (non-hydrogen) atoms. The lowest BCUT2D eigenvalue weighted by Gasteiger charge is -2.36. The summed E-state index contributed by atoms with van der Waals surface area (Å²) in [5.41, 5.74) is 3.93.